The van der Waals surface area contributed by atoms with Gasteiger partial charge in [0.15, 0.2) is 0 Å². The average Bonchev–Trinajstić information content (AvgIpc) is 2.71. The predicted molar refractivity (Wildman–Crippen MR) is 117 cm³/mol. The number of hydrogen-bond donors (Lipinski definition) is 1. The molecule has 7 heteroatoms. The second-order valence-electron chi connectivity index (χ2n) is 7.92. The van der Waals surface area contributed by atoms with Crippen molar-refractivity contribution in [2.45, 2.75) is 58.0 Å². The van der Waals surface area contributed by atoms with Crippen molar-refractivity contribution in [1.82, 2.24) is 5.32 Å². The summed E-state index contributed by atoms with van der Waals surface area (Å²) in [5.41, 5.74) is 3.97. The van der Waals surface area contributed by atoms with E-state index in [0.29, 0.717) is 0 Å². The molecule has 2 atom stereocenters. The van der Waals surface area contributed by atoms with Crippen LogP contribution >= 0.6 is 0 Å². The van der Waals surface area contributed by atoms with Gasteiger partial charge in [0.1, 0.15) is 11.9 Å². The van der Waals surface area contributed by atoms with E-state index in [2.05, 4.69) is 17.4 Å². The summed E-state index contributed by atoms with van der Waals surface area (Å²) in [5.74, 6) is -0.844. The molecule has 5 nitrogen and oxygen atoms in total. The zero-order valence-electron chi connectivity index (χ0n) is 17.7. The van der Waals surface area contributed by atoms with Gasteiger partial charge in [-0.3, -0.25) is 9.10 Å². The molecule has 0 radical (unpaired) electrons. The average molecular weight is 433 g/mol. The van der Waals surface area contributed by atoms with E-state index in [1.807, 2.05) is 13.0 Å². The van der Waals surface area contributed by atoms with Crippen LogP contribution < -0.4 is 9.62 Å². The molecule has 0 heterocycles. The fraction of sp³-hybridized carbons (Fsp3) is 0.435. The van der Waals surface area contributed by atoms with Crippen LogP contribution in [0.25, 0.3) is 0 Å². The zero-order valence-corrected chi connectivity index (χ0v) is 18.5. The van der Waals surface area contributed by atoms with E-state index in [4.69, 9.17) is 0 Å². The first-order valence-electron chi connectivity index (χ1n) is 10.4. The van der Waals surface area contributed by atoms with Crippen LogP contribution in [0.15, 0.2) is 42.5 Å². The molecule has 0 spiro atoms. The minimum atomic E-state index is -3.75. The highest BCUT2D eigenvalue weighted by molar-refractivity contribution is 7.92. The number of halogens is 1. The lowest BCUT2D eigenvalue weighted by Crippen LogP contribution is -2.49. The number of hydrogen-bond acceptors (Lipinski definition) is 3. The quantitative estimate of drug-likeness (QED) is 0.716. The molecule has 162 valence electrons. The van der Waals surface area contributed by atoms with Crippen LogP contribution in [0.4, 0.5) is 10.1 Å². The van der Waals surface area contributed by atoms with E-state index in [-0.39, 0.29) is 24.1 Å². The van der Waals surface area contributed by atoms with Gasteiger partial charge < -0.3 is 5.32 Å². The summed E-state index contributed by atoms with van der Waals surface area (Å²) in [7, 11) is -3.75. The number of anilines is 1. The van der Waals surface area contributed by atoms with E-state index < -0.39 is 21.9 Å². The Hall–Kier alpha value is -2.41. The molecule has 1 aliphatic rings. The van der Waals surface area contributed by atoms with Gasteiger partial charge in [0, 0.05) is 0 Å². The Morgan fingerprint density at radius 2 is 1.73 bits per heavy atom. The van der Waals surface area contributed by atoms with Crippen molar-refractivity contribution in [3.63, 3.8) is 0 Å². The van der Waals surface area contributed by atoms with Crippen LogP contribution in [0.2, 0.25) is 0 Å². The highest BCUT2D eigenvalue weighted by Crippen LogP contribution is 2.26. The first-order chi connectivity index (χ1) is 14.2. The Morgan fingerprint density at radius 3 is 2.33 bits per heavy atom. The number of carbonyl (C=O) groups is 1. The molecule has 1 amide bonds. The first kappa shape index (κ1) is 22.3. The summed E-state index contributed by atoms with van der Waals surface area (Å²) < 4.78 is 39.4. The van der Waals surface area contributed by atoms with Gasteiger partial charge in [-0.1, -0.05) is 25.1 Å². The predicted octanol–water partition coefficient (Wildman–Crippen LogP) is 4.13. The van der Waals surface area contributed by atoms with Gasteiger partial charge in [0.2, 0.25) is 15.9 Å². The van der Waals surface area contributed by atoms with Gasteiger partial charge >= 0.3 is 0 Å². The topological polar surface area (TPSA) is 66.5 Å². The molecule has 0 aromatic heterocycles. The lowest BCUT2D eigenvalue weighted by molar-refractivity contribution is -0.122. The molecule has 1 aliphatic carbocycles. The largest absolute Gasteiger partial charge is 0.348 e. The van der Waals surface area contributed by atoms with E-state index in [0.717, 1.165) is 29.0 Å². The molecule has 0 saturated heterocycles. The minimum Gasteiger partial charge on any atom is -0.348 e. The van der Waals surface area contributed by atoms with Crippen LogP contribution in [0.1, 0.15) is 55.8 Å². The second kappa shape index (κ2) is 9.16. The van der Waals surface area contributed by atoms with Crippen molar-refractivity contribution in [3.05, 3.63) is 65.0 Å². The van der Waals surface area contributed by atoms with Crippen LogP contribution in [-0.2, 0) is 27.7 Å². The van der Waals surface area contributed by atoms with E-state index >= 15 is 0 Å². The third-order valence-electron chi connectivity index (χ3n) is 5.64. The summed E-state index contributed by atoms with van der Waals surface area (Å²) in [4.78, 5) is 13.1. The number of nitrogens with one attached hydrogen (secondary N) is 1. The fourth-order valence-corrected chi connectivity index (χ4v) is 5.28. The second-order valence-corrected chi connectivity index (χ2v) is 9.78. The number of benzene rings is 2. The van der Waals surface area contributed by atoms with Crippen molar-refractivity contribution < 1.29 is 17.6 Å². The summed E-state index contributed by atoms with van der Waals surface area (Å²) in [6.45, 7) is 3.66. The van der Waals surface area contributed by atoms with E-state index in [1.165, 1.54) is 48.2 Å². The Labute approximate surface area is 178 Å². The number of nitrogens with zero attached hydrogens (tertiary/aromatic N) is 1. The van der Waals surface area contributed by atoms with Crippen molar-refractivity contribution in [3.8, 4) is 0 Å². The maximum Gasteiger partial charge on any atom is 0.244 e. The molecule has 1 N–H and O–H groups in total. The van der Waals surface area contributed by atoms with Crippen molar-refractivity contribution in [2.24, 2.45) is 0 Å². The van der Waals surface area contributed by atoms with Crippen LogP contribution in [0.3, 0.4) is 0 Å². The minimum absolute atomic E-state index is 0.256. The lowest BCUT2D eigenvalue weighted by atomic mass is 9.89. The van der Waals surface area contributed by atoms with Crippen molar-refractivity contribution in [1.29, 1.82) is 0 Å². The van der Waals surface area contributed by atoms with Gasteiger partial charge in [0.25, 0.3) is 0 Å². The first-order valence-corrected chi connectivity index (χ1v) is 12.2. The smallest absolute Gasteiger partial charge is 0.244 e. The number of rotatable bonds is 7. The number of aryl methyl sites for hydroxylation is 2. The Kier molecular flexibility index (Phi) is 6.81. The summed E-state index contributed by atoms with van der Waals surface area (Å²) in [6.07, 6.45) is 5.87. The lowest BCUT2D eigenvalue weighted by Gasteiger charge is -2.31. The molecule has 30 heavy (non-hydrogen) atoms. The van der Waals surface area contributed by atoms with Crippen molar-refractivity contribution >= 4 is 21.6 Å². The highest BCUT2D eigenvalue weighted by Gasteiger charge is 2.32. The van der Waals surface area contributed by atoms with E-state index in [9.17, 15) is 17.6 Å². The van der Waals surface area contributed by atoms with Gasteiger partial charge in [-0.05, 0) is 80.0 Å². The summed E-state index contributed by atoms with van der Waals surface area (Å²) in [6, 6.07) is 10.3. The zero-order chi connectivity index (χ0) is 21.9. The molecule has 0 aliphatic heterocycles. The standard InChI is InChI=1S/C23H29FN2O3S/c1-4-22(26(30(3,28)29)21-13-11-20(24)12-14-21)23(27)25-16(2)18-10-9-17-7-5-6-8-19(17)15-18/h9-16,22H,4-8H2,1-3H3,(H,25,27)/t16-,22-/m0/s1. The number of amides is 1. The number of carbonyl (C=O) groups excluding carboxylic acids is 1. The van der Waals surface area contributed by atoms with Crippen LogP contribution in [0, 0.1) is 5.82 Å². The summed E-state index contributed by atoms with van der Waals surface area (Å²) >= 11 is 0. The number of sulfonamides is 1. The molecule has 0 unspecified atom stereocenters. The SMILES string of the molecule is CC[C@@H](C(=O)N[C@@H](C)c1ccc2c(c1)CCCC2)N(c1ccc(F)cc1)S(C)(=O)=O. The molecule has 0 fully saturated rings. The molecule has 0 bridgehead atoms. The highest BCUT2D eigenvalue weighted by atomic mass is 32.2. The Balaban J connectivity index is 1.82. The Bertz CT molecular complexity index is 1010. The molecule has 2 aromatic rings. The van der Waals surface area contributed by atoms with Gasteiger partial charge in [-0.25, -0.2) is 12.8 Å². The summed E-state index contributed by atoms with van der Waals surface area (Å²) in [5, 5.41) is 2.97. The fourth-order valence-electron chi connectivity index (χ4n) is 4.06. The Morgan fingerprint density at radius 1 is 1.10 bits per heavy atom. The maximum atomic E-state index is 13.3. The molecule has 3 rings (SSSR count). The van der Waals surface area contributed by atoms with Crippen molar-refractivity contribution in [2.75, 3.05) is 10.6 Å². The molecule has 0 saturated carbocycles. The maximum absolute atomic E-state index is 13.3. The normalized spacial score (nSPS) is 15.7. The molecular formula is C23H29FN2O3S. The molecular weight excluding hydrogens is 403 g/mol. The monoisotopic (exact) mass is 432 g/mol. The third-order valence-corrected chi connectivity index (χ3v) is 6.82. The van der Waals surface area contributed by atoms with E-state index in [1.54, 1.807) is 6.92 Å². The van der Waals surface area contributed by atoms with Gasteiger partial charge in [-0.15, -0.1) is 0 Å². The van der Waals surface area contributed by atoms with Crippen LogP contribution in [0.5, 0.6) is 0 Å². The van der Waals surface area contributed by atoms with Crippen LogP contribution in [-0.4, -0.2) is 26.6 Å². The number of fused-ring (bicyclic) bond motifs is 1. The molecule has 2 aromatic carbocycles. The van der Waals surface area contributed by atoms with Gasteiger partial charge in [-0.2, -0.15) is 0 Å². The third kappa shape index (κ3) is 5.01. The van der Waals surface area contributed by atoms with Gasteiger partial charge in [0.05, 0.1) is 18.0 Å².